The van der Waals surface area contributed by atoms with E-state index in [1.54, 1.807) is 24.3 Å². The first kappa shape index (κ1) is 11.7. The Bertz CT molecular complexity index is 533. The first-order valence-corrected chi connectivity index (χ1v) is 5.95. The standard InChI is InChI=1S/C13H11BO5/c1-9-7-10-8-12(15)19-14(10,18-9)13(16)17-11-5-3-2-4-6-11/h2-6H,1,7-8H2. The molecule has 1 aromatic carbocycles. The zero-order chi connectivity index (χ0) is 13.5. The first-order valence-electron chi connectivity index (χ1n) is 5.95. The summed E-state index contributed by atoms with van der Waals surface area (Å²) in [7, 11) is 0. The summed E-state index contributed by atoms with van der Waals surface area (Å²) in [6.45, 7) is 1.19. The van der Waals surface area contributed by atoms with Crippen molar-refractivity contribution in [1.82, 2.24) is 0 Å². The quantitative estimate of drug-likeness (QED) is 0.601. The lowest BCUT2D eigenvalue weighted by Gasteiger charge is -2.23. The Morgan fingerprint density at radius 3 is 2.74 bits per heavy atom. The maximum absolute atomic E-state index is 12.3. The van der Waals surface area contributed by atoms with Crippen LogP contribution in [0.15, 0.2) is 42.7 Å². The van der Waals surface area contributed by atoms with Crippen molar-refractivity contribution < 1.29 is 23.6 Å². The zero-order valence-electron chi connectivity index (χ0n) is 10.1. The van der Waals surface area contributed by atoms with E-state index in [0.717, 1.165) is 0 Å². The number of carbonyl (C=O) groups excluding carboxylic acids is 2. The van der Waals surface area contributed by atoms with E-state index in [1.807, 2.05) is 6.07 Å². The second kappa shape index (κ2) is 4.08. The van der Waals surface area contributed by atoms with E-state index >= 15 is 0 Å². The topological polar surface area (TPSA) is 61.8 Å². The van der Waals surface area contributed by atoms with Crippen molar-refractivity contribution in [3.05, 3.63) is 48.5 Å². The summed E-state index contributed by atoms with van der Waals surface area (Å²) in [4.78, 5) is 23.6. The molecule has 0 N–H and O–H groups in total. The number of para-hydroxylation sites is 1. The van der Waals surface area contributed by atoms with Crippen LogP contribution in [-0.2, 0) is 14.1 Å². The molecule has 2 heterocycles. The molecule has 0 spiro atoms. The molecule has 96 valence electrons. The number of ether oxygens (including phenoxy) is 1. The fourth-order valence-corrected chi connectivity index (χ4v) is 2.41. The first-order chi connectivity index (χ1) is 9.10. The minimum atomic E-state index is -2.48. The largest absolute Gasteiger partial charge is 0.660 e. The van der Waals surface area contributed by atoms with Crippen LogP contribution < -0.4 is 4.74 Å². The van der Waals surface area contributed by atoms with E-state index in [-0.39, 0.29) is 6.42 Å². The van der Waals surface area contributed by atoms with Crippen molar-refractivity contribution in [1.29, 1.82) is 0 Å². The Hall–Kier alpha value is -2.37. The molecule has 2 fully saturated rings. The molecule has 1 unspecified atom stereocenters. The van der Waals surface area contributed by atoms with Gasteiger partial charge in [0.15, 0.2) is 0 Å². The predicted molar refractivity (Wildman–Crippen MR) is 67.0 cm³/mol. The maximum atomic E-state index is 12.3. The van der Waals surface area contributed by atoms with Gasteiger partial charge in [-0.15, -0.1) is 0 Å². The molecular formula is C13H11BO5. The van der Waals surface area contributed by atoms with Crippen molar-refractivity contribution in [3.8, 4) is 5.75 Å². The molecule has 2 aliphatic heterocycles. The Morgan fingerprint density at radius 2 is 2.00 bits per heavy atom. The summed E-state index contributed by atoms with van der Waals surface area (Å²) in [6.07, 6.45) is 0.457. The SMILES string of the molecule is C=C1C[C+]2CC(=O)O[B-]2(C(=O)Oc2ccccc2)O1. The van der Waals surface area contributed by atoms with Crippen LogP contribution in [0.25, 0.3) is 0 Å². The fraction of sp³-hybridized carbons (Fsp3) is 0.154. The highest BCUT2D eigenvalue weighted by Gasteiger charge is 2.70. The third kappa shape index (κ3) is 1.85. The highest BCUT2D eigenvalue weighted by atomic mass is 16.7. The lowest BCUT2D eigenvalue weighted by molar-refractivity contribution is -0.133. The second-order valence-corrected chi connectivity index (χ2v) is 4.60. The number of hydrogen-bond acceptors (Lipinski definition) is 5. The Morgan fingerprint density at radius 1 is 1.26 bits per heavy atom. The molecule has 0 bridgehead atoms. The molecule has 1 aromatic rings. The zero-order valence-corrected chi connectivity index (χ0v) is 10.1. The molecule has 0 aliphatic carbocycles. The van der Waals surface area contributed by atoms with Gasteiger partial charge in [0.2, 0.25) is 0 Å². The van der Waals surface area contributed by atoms with Gasteiger partial charge in [-0.25, -0.2) is 0 Å². The maximum Gasteiger partial charge on any atom is 0.660 e. The monoisotopic (exact) mass is 258 g/mol. The van der Waals surface area contributed by atoms with E-state index in [1.165, 1.54) is 0 Å². The van der Waals surface area contributed by atoms with Gasteiger partial charge < -0.3 is 14.0 Å². The molecule has 1 atom stereocenters. The smallest absolute Gasteiger partial charge is 0.636 e. The summed E-state index contributed by atoms with van der Waals surface area (Å²) in [5.41, 5.74) is 0. The van der Waals surface area contributed by atoms with Gasteiger partial charge >= 0.3 is 12.5 Å². The van der Waals surface area contributed by atoms with E-state index in [9.17, 15) is 9.59 Å². The molecule has 0 radical (unpaired) electrons. The lowest BCUT2D eigenvalue weighted by atomic mass is 9.49. The summed E-state index contributed by atoms with van der Waals surface area (Å²) in [5.74, 6) is 0.258. The molecule has 19 heavy (non-hydrogen) atoms. The number of benzene rings is 1. The van der Waals surface area contributed by atoms with Gasteiger partial charge in [-0.1, -0.05) is 24.8 Å². The average Bonchev–Trinajstić information content (AvgIpc) is 2.82. The van der Waals surface area contributed by atoms with E-state index in [2.05, 4.69) is 6.58 Å². The van der Waals surface area contributed by atoms with Crippen molar-refractivity contribution in [3.63, 3.8) is 0 Å². The molecule has 2 saturated heterocycles. The van der Waals surface area contributed by atoms with Crippen LogP contribution in [0.2, 0.25) is 0 Å². The number of carbonyl (C=O) groups is 2. The highest BCUT2D eigenvalue weighted by Crippen LogP contribution is 2.44. The number of hydrogen-bond donors (Lipinski definition) is 0. The Labute approximate surface area is 110 Å². The van der Waals surface area contributed by atoms with Gasteiger partial charge in [0.25, 0.3) is 5.87 Å². The summed E-state index contributed by atoms with van der Waals surface area (Å²) in [5, 5.41) is 0. The lowest BCUT2D eigenvalue weighted by Crippen LogP contribution is -2.50. The van der Waals surface area contributed by atoms with E-state index < -0.39 is 18.4 Å². The van der Waals surface area contributed by atoms with Crippen molar-refractivity contribution in [2.24, 2.45) is 0 Å². The Kier molecular flexibility index (Phi) is 2.52. The van der Waals surface area contributed by atoms with Crippen molar-refractivity contribution >= 4 is 18.4 Å². The second-order valence-electron chi connectivity index (χ2n) is 4.60. The van der Waals surface area contributed by atoms with Crippen LogP contribution in [0, 0.1) is 5.82 Å². The summed E-state index contributed by atoms with van der Waals surface area (Å²) >= 11 is 0. The molecule has 3 rings (SSSR count). The minimum Gasteiger partial charge on any atom is -0.636 e. The van der Waals surface area contributed by atoms with E-state index in [4.69, 9.17) is 14.0 Å². The van der Waals surface area contributed by atoms with Crippen LogP contribution in [-0.4, -0.2) is 18.4 Å². The summed E-state index contributed by atoms with van der Waals surface area (Å²) in [6, 6.07) is 8.58. The van der Waals surface area contributed by atoms with Crippen LogP contribution in [0.4, 0.5) is 4.79 Å². The van der Waals surface area contributed by atoms with Crippen LogP contribution in [0.5, 0.6) is 5.75 Å². The highest BCUT2D eigenvalue weighted by molar-refractivity contribution is 7.02. The third-order valence-corrected chi connectivity index (χ3v) is 3.24. The van der Waals surface area contributed by atoms with Crippen LogP contribution >= 0.6 is 0 Å². The van der Waals surface area contributed by atoms with Crippen LogP contribution in [0.3, 0.4) is 0 Å². The number of fused-ring (bicyclic) bond motifs is 1. The van der Waals surface area contributed by atoms with Gasteiger partial charge in [0.1, 0.15) is 18.6 Å². The third-order valence-electron chi connectivity index (χ3n) is 3.24. The summed E-state index contributed by atoms with van der Waals surface area (Å²) < 4.78 is 15.7. The molecule has 0 amide bonds. The van der Waals surface area contributed by atoms with Crippen molar-refractivity contribution in [2.45, 2.75) is 12.8 Å². The molecule has 5 nitrogen and oxygen atoms in total. The molecular weight excluding hydrogens is 247 g/mol. The molecule has 0 saturated carbocycles. The fourth-order valence-electron chi connectivity index (χ4n) is 2.41. The van der Waals surface area contributed by atoms with Gasteiger partial charge in [-0.05, 0) is 12.1 Å². The molecule has 0 aromatic heterocycles. The normalized spacial score (nSPS) is 24.7. The van der Waals surface area contributed by atoms with Gasteiger partial charge in [0.05, 0.1) is 5.76 Å². The van der Waals surface area contributed by atoms with Crippen molar-refractivity contribution in [2.75, 3.05) is 0 Å². The molecule has 6 heteroatoms. The van der Waals surface area contributed by atoms with Gasteiger partial charge in [0, 0.05) is 5.82 Å². The van der Waals surface area contributed by atoms with Crippen LogP contribution in [0.1, 0.15) is 12.8 Å². The number of rotatable bonds is 2. The predicted octanol–water partition coefficient (Wildman–Crippen LogP) is 2.20. The number of allylic oxidation sites excluding steroid dienone is 1. The van der Waals surface area contributed by atoms with Gasteiger partial charge in [-0.3, -0.25) is 9.59 Å². The van der Waals surface area contributed by atoms with Gasteiger partial charge in [-0.2, -0.15) is 0 Å². The minimum absolute atomic E-state index is 0.0862. The Balaban J connectivity index is 1.85. The average molecular weight is 258 g/mol. The van der Waals surface area contributed by atoms with E-state index in [0.29, 0.717) is 23.7 Å². The molecule has 2 aliphatic rings.